The number of hydrogen-bond acceptors (Lipinski definition) is 2. The van der Waals surface area contributed by atoms with Crippen LogP contribution in [0.2, 0.25) is 0 Å². The average molecular weight is 274 g/mol. The van der Waals surface area contributed by atoms with Gasteiger partial charge in [-0.1, -0.05) is 23.8 Å². The first kappa shape index (κ1) is 15.0. The number of amides is 1. The summed E-state index contributed by atoms with van der Waals surface area (Å²) < 4.78 is 0. The third-order valence-electron chi connectivity index (χ3n) is 3.72. The molecule has 3 heteroatoms. The minimum absolute atomic E-state index is 0.0682. The number of carbonyl (C=O) groups is 1. The van der Waals surface area contributed by atoms with Gasteiger partial charge < -0.3 is 5.32 Å². The van der Waals surface area contributed by atoms with Crippen LogP contribution < -0.4 is 10.6 Å². The molecule has 2 atom stereocenters. The van der Waals surface area contributed by atoms with E-state index in [9.17, 15) is 4.79 Å². The van der Waals surface area contributed by atoms with Crippen LogP contribution in [0.5, 0.6) is 0 Å². The zero-order valence-electron chi connectivity index (χ0n) is 13.2. The van der Waals surface area contributed by atoms with E-state index in [4.69, 9.17) is 0 Å². The maximum Gasteiger partial charge on any atom is 0.237 e. The Morgan fingerprint density at radius 3 is 2.70 bits per heavy atom. The van der Waals surface area contributed by atoms with E-state index in [1.165, 1.54) is 16.7 Å². The van der Waals surface area contributed by atoms with E-state index in [0.717, 1.165) is 12.8 Å². The van der Waals surface area contributed by atoms with Crippen molar-refractivity contribution in [3.8, 4) is 0 Å². The van der Waals surface area contributed by atoms with E-state index in [1.807, 2.05) is 27.7 Å². The number of rotatable bonds is 3. The van der Waals surface area contributed by atoms with Crippen molar-refractivity contribution in [1.29, 1.82) is 0 Å². The van der Waals surface area contributed by atoms with Crippen LogP contribution in [-0.2, 0) is 11.2 Å². The first-order valence-electron chi connectivity index (χ1n) is 7.44. The fourth-order valence-corrected chi connectivity index (χ4v) is 2.75. The van der Waals surface area contributed by atoms with E-state index >= 15 is 0 Å². The normalized spacial score (nSPS) is 19.6. The second-order valence-electron chi connectivity index (χ2n) is 6.92. The topological polar surface area (TPSA) is 41.1 Å². The molecule has 1 aliphatic rings. The Morgan fingerprint density at radius 2 is 2.05 bits per heavy atom. The maximum absolute atomic E-state index is 12.2. The summed E-state index contributed by atoms with van der Waals surface area (Å²) in [6.07, 6.45) is 2.17. The number of benzene rings is 1. The second-order valence-corrected chi connectivity index (χ2v) is 6.92. The van der Waals surface area contributed by atoms with Crippen molar-refractivity contribution < 1.29 is 4.79 Å². The molecular weight excluding hydrogens is 248 g/mol. The lowest BCUT2D eigenvalue weighted by Gasteiger charge is -2.25. The molecule has 0 spiro atoms. The van der Waals surface area contributed by atoms with Crippen LogP contribution >= 0.6 is 0 Å². The van der Waals surface area contributed by atoms with Gasteiger partial charge in [0.2, 0.25) is 5.91 Å². The van der Waals surface area contributed by atoms with E-state index in [2.05, 4.69) is 35.8 Å². The highest BCUT2D eigenvalue weighted by molar-refractivity contribution is 5.82. The SMILES string of the molecule is Cc1ccc2c(c1)C(NC(C)C(=O)NC(C)(C)C)CC2. The van der Waals surface area contributed by atoms with Crippen LogP contribution in [0, 0.1) is 6.92 Å². The molecule has 2 unspecified atom stereocenters. The standard InChI is InChI=1S/C17H26N2O/c1-11-6-7-13-8-9-15(14(13)10-11)18-12(2)16(20)19-17(3,4)5/h6-7,10,12,15,18H,8-9H2,1-5H3,(H,19,20). The van der Waals surface area contributed by atoms with E-state index < -0.39 is 0 Å². The molecule has 2 rings (SSSR count). The van der Waals surface area contributed by atoms with Gasteiger partial charge in [0.15, 0.2) is 0 Å². The third kappa shape index (κ3) is 3.60. The fraction of sp³-hybridized carbons (Fsp3) is 0.588. The predicted molar refractivity (Wildman–Crippen MR) is 82.7 cm³/mol. The van der Waals surface area contributed by atoms with E-state index in [0.29, 0.717) is 6.04 Å². The zero-order chi connectivity index (χ0) is 14.9. The van der Waals surface area contributed by atoms with Gasteiger partial charge in [-0.3, -0.25) is 10.1 Å². The van der Waals surface area contributed by atoms with Gasteiger partial charge in [-0.05, 0) is 58.6 Å². The number of nitrogens with one attached hydrogen (secondary N) is 2. The molecule has 20 heavy (non-hydrogen) atoms. The number of fused-ring (bicyclic) bond motifs is 1. The molecule has 0 aromatic heterocycles. The van der Waals surface area contributed by atoms with Crippen LogP contribution in [0.3, 0.4) is 0 Å². The van der Waals surface area contributed by atoms with Crippen molar-refractivity contribution in [2.45, 2.75) is 65.1 Å². The van der Waals surface area contributed by atoms with Gasteiger partial charge in [-0.25, -0.2) is 0 Å². The van der Waals surface area contributed by atoms with Gasteiger partial charge in [-0.15, -0.1) is 0 Å². The van der Waals surface area contributed by atoms with Crippen molar-refractivity contribution in [3.63, 3.8) is 0 Å². The Hall–Kier alpha value is -1.35. The highest BCUT2D eigenvalue weighted by Gasteiger charge is 2.26. The molecule has 0 aliphatic heterocycles. The Balaban J connectivity index is 2.02. The first-order chi connectivity index (χ1) is 9.26. The van der Waals surface area contributed by atoms with Crippen molar-refractivity contribution in [2.24, 2.45) is 0 Å². The second kappa shape index (κ2) is 5.57. The van der Waals surface area contributed by atoms with Crippen molar-refractivity contribution >= 4 is 5.91 Å². The fourth-order valence-electron chi connectivity index (χ4n) is 2.75. The molecular formula is C17H26N2O. The quantitative estimate of drug-likeness (QED) is 0.890. The molecule has 1 aliphatic carbocycles. The van der Waals surface area contributed by atoms with Crippen molar-refractivity contribution in [1.82, 2.24) is 10.6 Å². The predicted octanol–water partition coefficient (Wildman–Crippen LogP) is 2.88. The Bertz CT molecular complexity index is 502. The molecule has 2 N–H and O–H groups in total. The molecule has 0 radical (unpaired) electrons. The van der Waals surface area contributed by atoms with E-state index in [-0.39, 0.29) is 17.5 Å². The van der Waals surface area contributed by atoms with Gasteiger partial charge in [0, 0.05) is 11.6 Å². The summed E-state index contributed by atoms with van der Waals surface area (Å²) in [5.41, 5.74) is 3.87. The average Bonchev–Trinajstić information content (AvgIpc) is 2.69. The van der Waals surface area contributed by atoms with Gasteiger partial charge in [-0.2, -0.15) is 0 Å². The smallest absolute Gasteiger partial charge is 0.237 e. The van der Waals surface area contributed by atoms with Crippen LogP contribution in [0.4, 0.5) is 0 Å². The molecule has 1 aromatic carbocycles. The Kier molecular flexibility index (Phi) is 4.19. The Morgan fingerprint density at radius 1 is 1.35 bits per heavy atom. The van der Waals surface area contributed by atoms with Gasteiger partial charge >= 0.3 is 0 Å². The number of carbonyl (C=O) groups excluding carboxylic acids is 1. The lowest BCUT2D eigenvalue weighted by atomic mass is 10.0. The monoisotopic (exact) mass is 274 g/mol. The Labute approximate surface area is 122 Å². The van der Waals surface area contributed by atoms with Crippen LogP contribution in [0.25, 0.3) is 0 Å². The van der Waals surface area contributed by atoms with Gasteiger partial charge in [0.05, 0.1) is 6.04 Å². The zero-order valence-corrected chi connectivity index (χ0v) is 13.2. The summed E-state index contributed by atoms with van der Waals surface area (Å²) in [5, 5.41) is 6.50. The van der Waals surface area contributed by atoms with Crippen LogP contribution in [0.15, 0.2) is 18.2 Å². The van der Waals surface area contributed by atoms with Gasteiger partial charge in [0.25, 0.3) is 0 Å². The summed E-state index contributed by atoms with van der Waals surface area (Å²) >= 11 is 0. The molecule has 3 nitrogen and oxygen atoms in total. The number of aryl methyl sites for hydroxylation is 2. The molecule has 110 valence electrons. The largest absolute Gasteiger partial charge is 0.350 e. The lowest BCUT2D eigenvalue weighted by molar-refractivity contribution is -0.124. The minimum atomic E-state index is -0.183. The highest BCUT2D eigenvalue weighted by Crippen LogP contribution is 2.32. The van der Waals surface area contributed by atoms with Crippen molar-refractivity contribution in [2.75, 3.05) is 0 Å². The minimum Gasteiger partial charge on any atom is -0.350 e. The molecule has 0 bridgehead atoms. The van der Waals surface area contributed by atoms with Crippen LogP contribution in [0.1, 0.15) is 56.8 Å². The lowest BCUT2D eigenvalue weighted by Crippen LogP contribution is -2.50. The summed E-state index contributed by atoms with van der Waals surface area (Å²) in [4.78, 5) is 12.2. The molecule has 1 amide bonds. The van der Waals surface area contributed by atoms with E-state index in [1.54, 1.807) is 0 Å². The molecule has 0 saturated carbocycles. The summed E-state index contributed by atoms with van der Waals surface area (Å²) in [6.45, 7) is 10.1. The summed E-state index contributed by atoms with van der Waals surface area (Å²) in [6, 6.07) is 6.74. The molecule has 0 fully saturated rings. The maximum atomic E-state index is 12.2. The van der Waals surface area contributed by atoms with Crippen LogP contribution in [-0.4, -0.2) is 17.5 Å². The van der Waals surface area contributed by atoms with Crippen molar-refractivity contribution in [3.05, 3.63) is 34.9 Å². The molecule has 0 heterocycles. The molecule has 0 saturated heterocycles. The first-order valence-corrected chi connectivity index (χ1v) is 7.44. The molecule has 1 aromatic rings. The summed E-state index contributed by atoms with van der Waals surface area (Å²) in [7, 11) is 0. The van der Waals surface area contributed by atoms with Gasteiger partial charge in [0.1, 0.15) is 0 Å². The number of hydrogen-bond donors (Lipinski definition) is 2. The highest BCUT2D eigenvalue weighted by atomic mass is 16.2. The third-order valence-corrected chi connectivity index (χ3v) is 3.72. The summed E-state index contributed by atoms with van der Waals surface area (Å²) in [5.74, 6) is 0.0682.